The fourth-order valence-corrected chi connectivity index (χ4v) is 1.92. The molecule has 0 bridgehead atoms. The lowest BCUT2D eigenvalue weighted by Crippen LogP contribution is -1.97. The van der Waals surface area contributed by atoms with Gasteiger partial charge in [-0.25, -0.2) is 0 Å². The first kappa shape index (κ1) is 10.6. The predicted molar refractivity (Wildman–Crippen MR) is 61.6 cm³/mol. The summed E-state index contributed by atoms with van der Waals surface area (Å²) in [4.78, 5) is 0. The Balaban J connectivity index is 3.27. The van der Waals surface area contributed by atoms with Crippen LogP contribution in [-0.4, -0.2) is 14.2 Å². The van der Waals surface area contributed by atoms with E-state index in [0.717, 1.165) is 21.5 Å². The van der Waals surface area contributed by atoms with Crippen LogP contribution in [0.4, 0.5) is 0 Å². The summed E-state index contributed by atoms with van der Waals surface area (Å²) in [5, 5.41) is 0. The number of methoxy groups -OCH3 is 2. The van der Waals surface area contributed by atoms with Crippen LogP contribution < -0.4 is 9.47 Å². The second kappa shape index (κ2) is 4.69. The Morgan fingerprint density at radius 1 is 1.15 bits per heavy atom. The van der Waals surface area contributed by atoms with Crippen LogP contribution in [-0.2, 0) is 6.42 Å². The van der Waals surface area contributed by atoms with Crippen molar-refractivity contribution in [2.75, 3.05) is 14.2 Å². The molecule has 0 saturated carbocycles. The van der Waals surface area contributed by atoms with Crippen molar-refractivity contribution < 1.29 is 9.47 Å². The first-order valence-electron chi connectivity index (χ1n) is 4.14. The Labute approximate surface area is 92.4 Å². The summed E-state index contributed by atoms with van der Waals surface area (Å²) in [6.07, 6.45) is 0.955. The smallest absolute Gasteiger partial charge is 0.174 e. The van der Waals surface area contributed by atoms with Gasteiger partial charge in [-0.15, -0.1) is 0 Å². The Morgan fingerprint density at radius 2 is 1.77 bits per heavy atom. The van der Waals surface area contributed by atoms with Crippen LogP contribution in [0.5, 0.6) is 11.5 Å². The molecule has 1 aromatic rings. The van der Waals surface area contributed by atoms with Gasteiger partial charge in [-0.2, -0.15) is 0 Å². The molecular formula is C10H13IO2. The summed E-state index contributed by atoms with van der Waals surface area (Å²) in [5.41, 5.74) is 1.18. The molecule has 1 rings (SSSR count). The Bertz CT molecular complexity index is 297. The highest BCUT2D eigenvalue weighted by atomic mass is 127. The number of rotatable bonds is 3. The predicted octanol–water partition coefficient (Wildman–Crippen LogP) is 2.87. The maximum absolute atomic E-state index is 5.31. The zero-order valence-electron chi connectivity index (χ0n) is 8.06. The van der Waals surface area contributed by atoms with Crippen molar-refractivity contribution in [3.63, 3.8) is 0 Å². The summed E-state index contributed by atoms with van der Waals surface area (Å²) < 4.78 is 11.7. The lowest BCUT2D eigenvalue weighted by atomic mass is 10.1. The molecule has 1 aromatic carbocycles. The zero-order valence-corrected chi connectivity index (χ0v) is 10.2. The number of aryl methyl sites for hydroxylation is 1. The average Bonchev–Trinajstić information content (AvgIpc) is 2.17. The van der Waals surface area contributed by atoms with Crippen molar-refractivity contribution in [2.24, 2.45) is 0 Å². The van der Waals surface area contributed by atoms with Crippen LogP contribution >= 0.6 is 22.6 Å². The van der Waals surface area contributed by atoms with Crippen LogP contribution in [0.25, 0.3) is 0 Å². The zero-order chi connectivity index (χ0) is 9.84. The van der Waals surface area contributed by atoms with E-state index in [1.807, 2.05) is 6.07 Å². The number of benzene rings is 1. The molecule has 0 N–H and O–H groups in total. The summed E-state index contributed by atoms with van der Waals surface area (Å²) in [6, 6.07) is 4.11. The van der Waals surface area contributed by atoms with Gasteiger partial charge >= 0.3 is 0 Å². The molecule has 0 fully saturated rings. The van der Waals surface area contributed by atoms with Gasteiger partial charge in [0.2, 0.25) is 0 Å². The second-order valence-corrected chi connectivity index (χ2v) is 3.79. The molecule has 13 heavy (non-hydrogen) atoms. The highest BCUT2D eigenvalue weighted by molar-refractivity contribution is 14.1. The van der Waals surface area contributed by atoms with Gasteiger partial charge in [-0.05, 0) is 40.6 Å². The third-order valence-corrected chi connectivity index (χ3v) is 2.78. The van der Waals surface area contributed by atoms with Crippen molar-refractivity contribution in [1.82, 2.24) is 0 Å². The molecule has 0 atom stereocenters. The van der Waals surface area contributed by atoms with Gasteiger partial charge in [-0.1, -0.05) is 13.0 Å². The maximum Gasteiger partial charge on any atom is 0.174 e. The molecule has 0 aromatic heterocycles. The minimum absolute atomic E-state index is 0.836. The van der Waals surface area contributed by atoms with Crippen molar-refractivity contribution in [2.45, 2.75) is 13.3 Å². The van der Waals surface area contributed by atoms with Gasteiger partial charge in [0.25, 0.3) is 0 Å². The molecule has 0 heterocycles. The number of halogens is 1. The monoisotopic (exact) mass is 292 g/mol. The highest BCUT2D eigenvalue weighted by Gasteiger charge is 2.11. The molecular weight excluding hydrogens is 279 g/mol. The van der Waals surface area contributed by atoms with Gasteiger partial charge in [0.1, 0.15) is 0 Å². The summed E-state index contributed by atoms with van der Waals surface area (Å²) in [5.74, 6) is 1.69. The first-order valence-corrected chi connectivity index (χ1v) is 5.21. The Kier molecular flexibility index (Phi) is 3.84. The lowest BCUT2D eigenvalue weighted by molar-refractivity contribution is 0.350. The molecule has 2 nitrogen and oxygen atoms in total. The quantitative estimate of drug-likeness (QED) is 0.798. The van der Waals surface area contributed by atoms with Crippen LogP contribution in [0.3, 0.4) is 0 Å². The average molecular weight is 292 g/mol. The van der Waals surface area contributed by atoms with Gasteiger partial charge in [0, 0.05) is 0 Å². The van der Waals surface area contributed by atoms with Crippen molar-refractivity contribution in [3.05, 3.63) is 21.3 Å². The van der Waals surface area contributed by atoms with E-state index in [-0.39, 0.29) is 0 Å². The van der Waals surface area contributed by atoms with Crippen LogP contribution in [0, 0.1) is 3.57 Å². The van der Waals surface area contributed by atoms with E-state index in [0.29, 0.717) is 0 Å². The number of ether oxygens (including phenoxy) is 2. The topological polar surface area (TPSA) is 18.5 Å². The molecule has 0 unspecified atom stereocenters. The van der Waals surface area contributed by atoms with Gasteiger partial charge in [0.15, 0.2) is 11.5 Å². The number of hydrogen-bond acceptors (Lipinski definition) is 2. The first-order chi connectivity index (χ1) is 6.24. The van der Waals surface area contributed by atoms with Crippen LogP contribution in [0.15, 0.2) is 12.1 Å². The summed E-state index contributed by atoms with van der Waals surface area (Å²) in [6.45, 7) is 2.10. The highest BCUT2D eigenvalue weighted by Crippen LogP contribution is 2.35. The van der Waals surface area contributed by atoms with Gasteiger partial charge in [0.05, 0.1) is 17.8 Å². The molecule has 0 amide bonds. The normalized spacial score (nSPS) is 9.85. The Morgan fingerprint density at radius 3 is 2.23 bits per heavy atom. The van der Waals surface area contributed by atoms with Crippen LogP contribution in [0.2, 0.25) is 0 Å². The van der Waals surface area contributed by atoms with Crippen molar-refractivity contribution >= 4 is 22.6 Å². The van der Waals surface area contributed by atoms with E-state index in [2.05, 4.69) is 35.6 Å². The van der Waals surface area contributed by atoms with E-state index in [1.165, 1.54) is 5.56 Å². The summed E-state index contributed by atoms with van der Waals surface area (Å²) in [7, 11) is 3.34. The van der Waals surface area contributed by atoms with E-state index >= 15 is 0 Å². The molecule has 0 aliphatic rings. The van der Waals surface area contributed by atoms with E-state index in [9.17, 15) is 0 Å². The van der Waals surface area contributed by atoms with E-state index in [4.69, 9.17) is 9.47 Å². The maximum atomic E-state index is 5.31. The molecule has 0 saturated heterocycles. The minimum atomic E-state index is 0.836. The minimum Gasteiger partial charge on any atom is -0.493 e. The summed E-state index contributed by atoms with van der Waals surface area (Å²) >= 11 is 2.24. The fourth-order valence-electron chi connectivity index (χ4n) is 1.27. The standard InChI is InChI=1S/C10H13IO2/c1-4-7-5-6-8(11)10(13-3)9(7)12-2/h5-6H,4H2,1-3H3. The molecule has 72 valence electrons. The third-order valence-electron chi connectivity index (χ3n) is 1.93. The third kappa shape index (κ3) is 2.07. The number of hydrogen-bond donors (Lipinski definition) is 0. The molecule has 0 aliphatic carbocycles. The Hall–Kier alpha value is -0.450. The SMILES string of the molecule is CCc1ccc(I)c(OC)c1OC. The lowest BCUT2D eigenvalue weighted by Gasteiger charge is -2.12. The van der Waals surface area contributed by atoms with E-state index in [1.54, 1.807) is 14.2 Å². The van der Waals surface area contributed by atoms with Crippen LogP contribution in [0.1, 0.15) is 12.5 Å². The molecule has 0 aliphatic heterocycles. The van der Waals surface area contributed by atoms with Gasteiger partial charge < -0.3 is 9.47 Å². The van der Waals surface area contributed by atoms with E-state index < -0.39 is 0 Å². The molecule has 0 spiro atoms. The van der Waals surface area contributed by atoms with Crippen molar-refractivity contribution in [3.8, 4) is 11.5 Å². The van der Waals surface area contributed by atoms with Gasteiger partial charge in [-0.3, -0.25) is 0 Å². The van der Waals surface area contributed by atoms with Crippen molar-refractivity contribution in [1.29, 1.82) is 0 Å². The molecule has 3 heteroatoms. The fraction of sp³-hybridized carbons (Fsp3) is 0.400. The largest absolute Gasteiger partial charge is 0.493 e. The molecule has 0 radical (unpaired) electrons. The second-order valence-electron chi connectivity index (χ2n) is 2.63.